The number of unbranched alkanes of at least 4 members (excludes halogenated alkanes) is 28. The minimum atomic E-state index is -4.71. The van der Waals surface area contributed by atoms with E-state index in [1.54, 1.807) is 0 Å². The summed E-state index contributed by atoms with van der Waals surface area (Å²) >= 11 is 0. The molecule has 0 aliphatic heterocycles. The van der Waals surface area contributed by atoms with Crippen molar-refractivity contribution in [2.75, 3.05) is 19.8 Å². The summed E-state index contributed by atoms with van der Waals surface area (Å²) in [6.07, 6.45) is 41.2. The number of esters is 2. The normalized spacial score (nSPS) is 13.8. The molecule has 0 rings (SSSR count). The molecule has 11 nitrogen and oxygen atoms in total. The van der Waals surface area contributed by atoms with Crippen molar-refractivity contribution in [3.05, 3.63) is 12.2 Å². The summed E-state index contributed by atoms with van der Waals surface area (Å²) in [5, 5.41) is 8.90. The van der Waals surface area contributed by atoms with E-state index < -0.39 is 51.1 Å². The standard InChI is InChI=1S/C45H86NO10P/c1-3-5-7-9-11-13-15-17-19-21-23-25-27-29-31-33-35-37-44(48)56-41(39-54-57(51,52)55-40-42(46)45(49)50)38-53-43(47)36-34-32-30-28-26-24-22-20-18-16-14-12-10-8-6-4-2/h13,15,41-42H,3-12,14,16-40,46H2,1-2H3,(H,49,50)(H,51,52)/b15-13+/t41-,42+/m1/s1. The van der Waals surface area contributed by atoms with E-state index in [0.29, 0.717) is 12.8 Å². The molecular weight excluding hydrogens is 745 g/mol. The van der Waals surface area contributed by atoms with Gasteiger partial charge in [0.05, 0.1) is 13.2 Å². The van der Waals surface area contributed by atoms with Gasteiger partial charge >= 0.3 is 25.7 Å². The Balaban J connectivity index is 4.29. The van der Waals surface area contributed by atoms with Crippen LogP contribution in [-0.4, -0.2) is 59.9 Å². The van der Waals surface area contributed by atoms with Crippen LogP contribution in [0.3, 0.4) is 0 Å². The minimum absolute atomic E-state index is 0.163. The molecule has 3 atom stereocenters. The number of ether oxygens (including phenoxy) is 2. The summed E-state index contributed by atoms with van der Waals surface area (Å²) < 4.78 is 32.8. The van der Waals surface area contributed by atoms with Gasteiger partial charge in [-0.1, -0.05) is 187 Å². The molecule has 0 saturated heterocycles. The van der Waals surface area contributed by atoms with Crippen molar-refractivity contribution >= 4 is 25.7 Å². The summed E-state index contributed by atoms with van der Waals surface area (Å²) in [6, 6.07) is -1.52. The molecule has 4 N–H and O–H groups in total. The number of rotatable bonds is 44. The first-order chi connectivity index (χ1) is 27.6. The summed E-state index contributed by atoms with van der Waals surface area (Å²) in [4.78, 5) is 46.0. The second-order valence-electron chi connectivity index (χ2n) is 15.9. The number of carboxylic acids is 1. The summed E-state index contributed by atoms with van der Waals surface area (Å²) in [5.41, 5.74) is 5.34. The molecule has 0 aromatic rings. The van der Waals surface area contributed by atoms with E-state index in [1.165, 1.54) is 148 Å². The molecule has 0 spiro atoms. The number of carbonyl (C=O) groups excluding carboxylic acids is 2. The number of carbonyl (C=O) groups is 3. The van der Waals surface area contributed by atoms with Crippen molar-refractivity contribution in [2.45, 2.75) is 238 Å². The van der Waals surface area contributed by atoms with E-state index in [2.05, 4.69) is 30.5 Å². The Morgan fingerprint density at radius 3 is 1.30 bits per heavy atom. The first-order valence-corrected chi connectivity index (χ1v) is 24.7. The first-order valence-electron chi connectivity index (χ1n) is 23.2. The van der Waals surface area contributed by atoms with Crippen LogP contribution in [0.15, 0.2) is 12.2 Å². The highest BCUT2D eigenvalue weighted by Crippen LogP contribution is 2.43. The Hall–Kier alpha value is -1.78. The average molecular weight is 832 g/mol. The molecule has 12 heteroatoms. The fourth-order valence-electron chi connectivity index (χ4n) is 6.59. The van der Waals surface area contributed by atoms with Gasteiger partial charge in [0.2, 0.25) is 0 Å². The zero-order chi connectivity index (χ0) is 42.1. The van der Waals surface area contributed by atoms with Crippen LogP contribution in [0.5, 0.6) is 0 Å². The lowest BCUT2D eigenvalue weighted by molar-refractivity contribution is -0.161. The van der Waals surface area contributed by atoms with E-state index in [4.69, 9.17) is 24.8 Å². The molecule has 0 radical (unpaired) electrons. The Morgan fingerprint density at radius 2 is 0.877 bits per heavy atom. The van der Waals surface area contributed by atoms with Crippen LogP contribution in [0, 0.1) is 0 Å². The number of hydrogen-bond donors (Lipinski definition) is 3. The summed E-state index contributed by atoms with van der Waals surface area (Å²) in [5.74, 6) is -2.36. The fraction of sp³-hybridized carbons (Fsp3) is 0.889. The van der Waals surface area contributed by atoms with Crippen LogP contribution in [-0.2, 0) is 37.5 Å². The van der Waals surface area contributed by atoms with Crippen LogP contribution in [0.1, 0.15) is 226 Å². The third-order valence-corrected chi connectivity index (χ3v) is 11.2. The molecule has 0 aromatic heterocycles. The summed E-state index contributed by atoms with van der Waals surface area (Å²) in [7, 11) is -4.71. The first kappa shape index (κ1) is 55.2. The monoisotopic (exact) mass is 832 g/mol. The zero-order valence-corrected chi connectivity index (χ0v) is 37.3. The second-order valence-corrected chi connectivity index (χ2v) is 17.3. The Labute approximate surface area is 348 Å². The highest BCUT2D eigenvalue weighted by atomic mass is 31.2. The lowest BCUT2D eigenvalue weighted by Crippen LogP contribution is -2.34. The quantitative estimate of drug-likeness (QED) is 0.0231. The maximum atomic E-state index is 12.6. The van der Waals surface area contributed by atoms with E-state index >= 15 is 0 Å². The van der Waals surface area contributed by atoms with Crippen LogP contribution < -0.4 is 5.73 Å². The van der Waals surface area contributed by atoms with Crippen molar-refractivity contribution in [3.63, 3.8) is 0 Å². The molecule has 0 bridgehead atoms. The average Bonchev–Trinajstić information content (AvgIpc) is 3.19. The molecule has 57 heavy (non-hydrogen) atoms. The molecule has 0 saturated carbocycles. The van der Waals surface area contributed by atoms with Gasteiger partial charge in [0, 0.05) is 12.8 Å². The number of phosphoric acid groups is 1. The van der Waals surface area contributed by atoms with E-state index in [0.717, 1.165) is 38.5 Å². The molecular formula is C45H86NO10P. The maximum Gasteiger partial charge on any atom is 0.472 e. The molecule has 0 aromatic carbocycles. The number of hydrogen-bond acceptors (Lipinski definition) is 9. The fourth-order valence-corrected chi connectivity index (χ4v) is 7.37. The van der Waals surface area contributed by atoms with Gasteiger partial charge in [0.15, 0.2) is 6.10 Å². The van der Waals surface area contributed by atoms with Crippen LogP contribution >= 0.6 is 7.82 Å². The van der Waals surface area contributed by atoms with Crippen molar-refractivity contribution < 1.29 is 47.5 Å². The molecule has 336 valence electrons. The Kier molecular flexibility index (Phi) is 39.7. The van der Waals surface area contributed by atoms with Crippen molar-refractivity contribution in [2.24, 2.45) is 5.73 Å². The van der Waals surface area contributed by atoms with Gasteiger partial charge in [0.25, 0.3) is 0 Å². The Bertz CT molecular complexity index is 1030. The molecule has 1 unspecified atom stereocenters. The predicted molar refractivity (Wildman–Crippen MR) is 231 cm³/mol. The van der Waals surface area contributed by atoms with Gasteiger partial charge in [-0.25, -0.2) is 4.57 Å². The predicted octanol–water partition coefficient (Wildman–Crippen LogP) is 12.5. The zero-order valence-electron chi connectivity index (χ0n) is 36.5. The third kappa shape index (κ3) is 40.8. The van der Waals surface area contributed by atoms with Gasteiger partial charge in [-0.3, -0.25) is 23.4 Å². The van der Waals surface area contributed by atoms with E-state index in [9.17, 15) is 23.8 Å². The number of phosphoric ester groups is 1. The van der Waals surface area contributed by atoms with Gasteiger partial charge in [-0.2, -0.15) is 0 Å². The Morgan fingerprint density at radius 1 is 0.526 bits per heavy atom. The highest BCUT2D eigenvalue weighted by Gasteiger charge is 2.28. The largest absolute Gasteiger partial charge is 0.480 e. The minimum Gasteiger partial charge on any atom is -0.480 e. The number of nitrogens with two attached hydrogens (primary N) is 1. The number of allylic oxidation sites excluding steroid dienone is 2. The van der Waals surface area contributed by atoms with Crippen LogP contribution in [0.2, 0.25) is 0 Å². The van der Waals surface area contributed by atoms with Gasteiger partial charge in [-0.05, 0) is 38.5 Å². The van der Waals surface area contributed by atoms with E-state index in [-0.39, 0.29) is 19.4 Å². The van der Waals surface area contributed by atoms with E-state index in [1.807, 2.05) is 0 Å². The van der Waals surface area contributed by atoms with Crippen LogP contribution in [0.25, 0.3) is 0 Å². The molecule has 0 fully saturated rings. The van der Waals surface area contributed by atoms with Crippen LogP contribution in [0.4, 0.5) is 0 Å². The SMILES string of the molecule is CCCCCC/C=C/CCCCCCCCCCCC(=O)O[C@H](COC(=O)CCCCCCCCCCCCCCCCCC)COP(=O)(O)OC[C@H](N)C(=O)O. The van der Waals surface area contributed by atoms with Crippen molar-refractivity contribution in [1.29, 1.82) is 0 Å². The van der Waals surface area contributed by atoms with Crippen molar-refractivity contribution in [3.8, 4) is 0 Å². The van der Waals surface area contributed by atoms with Gasteiger partial charge in [-0.15, -0.1) is 0 Å². The smallest absolute Gasteiger partial charge is 0.472 e. The van der Waals surface area contributed by atoms with Crippen molar-refractivity contribution in [1.82, 2.24) is 0 Å². The molecule has 0 aliphatic carbocycles. The van der Waals surface area contributed by atoms with Gasteiger partial charge < -0.3 is 25.2 Å². The number of carboxylic acid groups (broad SMARTS) is 1. The molecule has 0 amide bonds. The maximum absolute atomic E-state index is 12.6. The van der Waals surface area contributed by atoms with Gasteiger partial charge in [0.1, 0.15) is 12.6 Å². The lowest BCUT2D eigenvalue weighted by atomic mass is 10.0. The second kappa shape index (κ2) is 41.0. The third-order valence-electron chi connectivity index (χ3n) is 10.3. The highest BCUT2D eigenvalue weighted by molar-refractivity contribution is 7.47. The topological polar surface area (TPSA) is 172 Å². The summed E-state index contributed by atoms with van der Waals surface area (Å²) in [6.45, 7) is 2.82. The molecule has 0 heterocycles. The lowest BCUT2D eigenvalue weighted by Gasteiger charge is -2.20. The molecule has 0 aliphatic rings. The number of aliphatic carboxylic acids is 1.